The molecule has 0 bridgehead atoms. The molecule has 1 aromatic carbocycles. The smallest absolute Gasteiger partial charge is 0.277 e. The molecule has 0 unspecified atom stereocenters. The van der Waals surface area contributed by atoms with E-state index in [-0.39, 0.29) is 5.91 Å². The molecule has 3 aromatic heterocycles. The molecule has 3 heterocycles. The molecule has 0 saturated heterocycles. The molecule has 0 spiro atoms. The van der Waals surface area contributed by atoms with Gasteiger partial charge in [-0.3, -0.25) is 19.4 Å². The van der Waals surface area contributed by atoms with E-state index in [0.29, 0.717) is 28.9 Å². The van der Waals surface area contributed by atoms with E-state index in [1.165, 1.54) is 11.3 Å². The van der Waals surface area contributed by atoms with E-state index in [1.54, 1.807) is 34.1 Å². The summed E-state index contributed by atoms with van der Waals surface area (Å²) in [7, 11) is 0. The van der Waals surface area contributed by atoms with Crippen molar-refractivity contribution in [2.24, 2.45) is 0 Å². The second kappa shape index (κ2) is 7.46. The predicted molar refractivity (Wildman–Crippen MR) is 107 cm³/mol. The third-order valence-electron chi connectivity index (χ3n) is 4.10. The van der Waals surface area contributed by atoms with Crippen molar-refractivity contribution in [2.75, 3.05) is 4.90 Å². The van der Waals surface area contributed by atoms with E-state index in [2.05, 4.69) is 15.1 Å². The third kappa shape index (κ3) is 3.56. The van der Waals surface area contributed by atoms with Gasteiger partial charge in [0.2, 0.25) is 0 Å². The van der Waals surface area contributed by atoms with Crippen LogP contribution in [0.3, 0.4) is 0 Å². The summed E-state index contributed by atoms with van der Waals surface area (Å²) in [4.78, 5) is 24.0. The standard InChI is InChI=1S/C19H16ClN5OS/c1-2-25-16(8-10-22-25)18(26)24(12-14-5-3-4-9-21-14)19-23-15-7-6-13(20)11-17(15)27-19/h3-11H,2,12H2,1H3. The van der Waals surface area contributed by atoms with E-state index in [4.69, 9.17) is 11.6 Å². The Labute approximate surface area is 165 Å². The van der Waals surface area contributed by atoms with Crippen molar-refractivity contribution in [1.29, 1.82) is 0 Å². The van der Waals surface area contributed by atoms with Crippen molar-refractivity contribution in [3.8, 4) is 0 Å². The van der Waals surface area contributed by atoms with Gasteiger partial charge in [0.15, 0.2) is 5.13 Å². The Balaban J connectivity index is 1.78. The fourth-order valence-electron chi connectivity index (χ4n) is 2.79. The van der Waals surface area contributed by atoms with Crippen molar-refractivity contribution >= 4 is 44.2 Å². The average molecular weight is 398 g/mol. The molecule has 0 N–H and O–H groups in total. The van der Waals surface area contributed by atoms with Crippen molar-refractivity contribution in [3.05, 3.63) is 71.3 Å². The molecule has 0 radical (unpaired) electrons. The van der Waals surface area contributed by atoms with Gasteiger partial charge >= 0.3 is 0 Å². The number of benzene rings is 1. The largest absolute Gasteiger partial charge is 0.278 e. The highest BCUT2D eigenvalue weighted by molar-refractivity contribution is 7.22. The second-order valence-corrected chi connectivity index (χ2v) is 7.30. The van der Waals surface area contributed by atoms with E-state index < -0.39 is 0 Å². The number of pyridine rings is 1. The van der Waals surface area contributed by atoms with Crippen LogP contribution in [0.25, 0.3) is 10.2 Å². The first-order valence-corrected chi connectivity index (χ1v) is 9.65. The lowest BCUT2D eigenvalue weighted by molar-refractivity contribution is 0.0974. The summed E-state index contributed by atoms with van der Waals surface area (Å²) in [5, 5.41) is 5.46. The number of aryl methyl sites for hydroxylation is 1. The highest BCUT2D eigenvalue weighted by Crippen LogP contribution is 2.32. The Hall–Kier alpha value is -2.77. The van der Waals surface area contributed by atoms with Gasteiger partial charge in [0.1, 0.15) is 5.69 Å². The number of hydrogen-bond acceptors (Lipinski definition) is 5. The lowest BCUT2D eigenvalue weighted by Gasteiger charge is -2.19. The lowest BCUT2D eigenvalue weighted by Crippen LogP contribution is -2.32. The highest BCUT2D eigenvalue weighted by atomic mass is 35.5. The topological polar surface area (TPSA) is 63.9 Å². The molecule has 0 saturated carbocycles. The number of nitrogens with zero attached hydrogens (tertiary/aromatic N) is 5. The third-order valence-corrected chi connectivity index (χ3v) is 5.37. The maximum atomic E-state index is 13.3. The fourth-order valence-corrected chi connectivity index (χ4v) is 4.03. The van der Waals surface area contributed by atoms with E-state index in [0.717, 1.165) is 15.9 Å². The van der Waals surface area contributed by atoms with Crippen LogP contribution in [0.1, 0.15) is 23.1 Å². The van der Waals surface area contributed by atoms with Gasteiger partial charge in [-0.1, -0.05) is 29.0 Å². The van der Waals surface area contributed by atoms with Crippen LogP contribution >= 0.6 is 22.9 Å². The number of thiazole rings is 1. The number of hydrogen-bond donors (Lipinski definition) is 0. The number of carbonyl (C=O) groups excluding carboxylic acids is 1. The van der Waals surface area contributed by atoms with Gasteiger partial charge in [0.05, 0.1) is 22.5 Å². The first kappa shape index (κ1) is 17.6. The Kier molecular flexibility index (Phi) is 4.87. The van der Waals surface area contributed by atoms with Gasteiger partial charge in [-0.2, -0.15) is 5.10 Å². The number of rotatable bonds is 5. The maximum absolute atomic E-state index is 13.3. The van der Waals surface area contributed by atoms with Crippen molar-refractivity contribution in [3.63, 3.8) is 0 Å². The number of aromatic nitrogens is 4. The van der Waals surface area contributed by atoms with Gasteiger partial charge in [-0.05, 0) is 43.3 Å². The summed E-state index contributed by atoms with van der Waals surface area (Å²) in [5.74, 6) is -0.162. The predicted octanol–water partition coefficient (Wildman–Crippen LogP) is 4.41. The van der Waals surface area contributed by atoms with E-state index in [1.807, 2.05) is 37.3 Å². The average Bonchev–Trinajstić information content (AvgIpc) is 3.32. The van der Waals surface area contributed by atoms with Crippen LogP contribution < -0.4 is 4.90 Å². The number of carbonyl (C=O) groups is 1. The van der Waals surface area contributed by atoms with Gasteiger partial charge in [0, 0.05) is 24.0 Å². The van der Waals surface area contributed by atoms with Gasteiger partial charge in [0.25, 0.3) is 5.91 Å². The molecule has 6 nitrogen and oxygen atoms in total. The number of amides is 1. The van der Waals surface area contributed by atoms with Gasteiger partial charge in [-0.25, -0.2) is 4.98 Å². The Bertz CT molecular complexity index is 1090. The molecule has 0 atom stereocenters. The highest BCUT2D eigenvalue weighted by Gasteiger charge is 2.24. The Morgan fingerprint density at radius 3 is 2.89 bits per heavy atom. The molecule has 4 rings (SSSR count). The molecule has 0 fully saturated rings. The summed E-state index contributed by atoms with van der Waals surface area (Å²) in [6, 6.07) is 12.9. The van der Waals surface area contributed by atoms with Crippen LogP contribution in [0, 0.1) is 0 Å². The van der Waals surface area contributed by atoms with Crippen LogP contribution in [0.4, 0.5) is 5.13 Å². The molecule has 0 aliphatic heterocycles. The van der Waals surface area contributed by atoms with Crippen LogP contribution in [-0.2, 0) is 13.1 Å². The zero-order chi connectivity index (χ0) is 18.8. The fraction of sp³-hybridized carbons (Fsp3) is 0.158. The molecule has 4 aromatic rings. The summed E-state index contributed by atoms with van der Waals surface area (Å²) in [6.07, 6.45) is 3.35. The minimum absolute atomic E-state index is 0.162. The van der Waals surface area contributed by atoms with Gasteiger partial charge < -0.3 is 0 Å². The van der Waals surface area contributed by atoms with Crippen LogP contribution in [0.15, 0.2) is 54.9 Å². The number of fused-ring (bicyclic) bond motifs is 1. The summed E-state index contributed by atoms with van der Waals surface area (Å²) < 4.78 is 2.61. The molecular weight excluding hydrogens is 382 g/mol. The molecule has 1 amide bonds. The van der Waals surface area contributed by atoms with Crippen LogP contribution in [0.2, 0.25) is 5.02 Å². The lowest BCUT2D eigenvalue weighted by atomic mass is 10.3. The summed E-state index contributed by atoms with van der Waals surface area (Å²) in [6.45, 7) is 2.88. The monoisotopic (exact) mass is 397 g/mol. The first-order valence-electron chi connectivity index (χ1n) is 8.45. The van der Waals surface area contributed by atoms with Crippen LogP contribution in [-0.4, -0.2) is 25.7 Å². The molecule has 27 heavy (non-hydrogen) atoms. The van der Waals surface area contributed by atoms with Gasteiger partial charge in [-0.15, -0.1) is 0 Å². The quantitative estimate of drug-likeness (QED) is 0.500. The summed E-state index contributed by atoms with van der Waals surface area (Å²) in [5.41, 5.74) is 2.11. The molecule has 8 heteroatoms. The minimum atomic E-state index is -0.162. The maximum Gasteiger partial charge on any atom is 0.278 e. The van der Waals surface area contributed by atoms with Crippen LogP contribution in [0.5, 0.6) is 0 Å². The molecular formula is C19H16ClN5OS. The second-order valence-electron chi connectivity index (χ2n) is 5.85. The number of halogens is 1. The van der Waals surface area contributed by atoms with E-state index in [9.17, 15) is 4.79 Å². The molecule has 0 aliphatic rings. The summed E-state index contributed by atoms with van der Waals surface area (Å²) >= 11 is 7.53. The Morgan fingerprint density at radius 2 is 2.11 bits per heavy atom. The Morgan fingerprint density at radius 1 is 1.22 bits per heavy atom. The minimum Gasteiger partial charge on any atom is -0.277 e. The van der Waals surface area contributed by atoms with Crippen molar-refractivity contribution in [2.45, 2.75) is 20.0 Å². The van der Waals surface area contributed by atoms with Crippen molar-refractivity contribution < 1.29 is 4.79 Å². The zero-order valence-corrected chi connectivity index (χ0v) is 16.1. The van der Waals surface area contributed by atoms with E-state index >= 15 is 0 Å². The number of anilines is 1. The molecule has 0 aliphatic carbocycles. The molecule has 136 valence electrons. The van der Waals surface area contributed by atoms with Crippen molar-refractivity contribution in [1.82, 2.24) is 19.7 Å². The first-order chi connectivity index (χ1) is 13.2. The normalized spacial score (nSPS) is 11.0. The SMILES string of the molecule is CCn1nccc1C(=O)N(Cc1ccccn1)c1nc2ccc(Cl)cc2s1. The zero-order valence-electron chi connectivity index (χ0n) is 14.5.